The topological polar surface area (TPSA) is 70.2 Å². The van der Waals surface area contributed by atoms with E-state index in [1.54, 1.807) is 42.5 Å². The van der Waals surface area contributed by atoms with Gasteiger partial charge in [0.15, 0.2) is 5.78 Å². The molecular formula is C16H11NO3. The number of hydrogen-bond donors (Lipinski definition) is 2. The first-order valence-corrected chi connectivity index (χ1v) is 6.11. The number of nitrogens with one attached hydrogen (secondary N) is 1. The van der Waals surface area contributed by atoms with Crippen molar-refractivity contribution >= 4 is 22.7 Å². The normalized spacial score (nSPS) is 10.6. The molecule has 0 amide bonds. The van der Waals surface area contributed by atoms with Crippen molar-refractivity contribution in [2.75, 3.05) is 0 Å². The van der Waals surface area contributed by atoms with E-state index in [2.05, 4.69) is 4.98 Å². The van der Waals surface area contributed by atoms with Gasteiger partial charge in [-0.15, -0.1) is 0 Å². The lowest BCUT2D eigenvalue weighted by Crippen LogP contribution is -2.01. The Morgan fingerprint density at radius 2 is 1.70 bits per heavy atom. The molecule has 0 atom stereocenters. The molecule has 3 aromatic rings. The molecule has 0 unspecified atom stereocenters. The van der Waals surface area contributed by atoms with Crippen LogP contribution in [0, 0.1) is 0 Å². The number of aromatic amines is 1. The quantitative estimate of drug-likeness (QED) is 0.715. The van der Waals surface area contributed by atoms with Crippen molar-refractivity contribution < 1.29 is 14.7 Å². The molecule has 4 nitrogen and oxygen atoms in total. The third-order valence-corrected chi connectivity index (χ3v) is 3.18. The summed E-state index contributed by atoms with van der Waals surface area (Å²) in [5, 5.41) is 9.64. The smallest absolute Gasteiger partial charge is 0.352 e. The van der Waals surface area contributed by atoms with Crippen LogP contribution in [0.15, 0.2) is 54.6 Å². The zero-order valence-electron chi connectivity index (χ0n) is 10.5. The number of carbonyl (C=O) groups excluding carboxylic acids is 1. The summed E-state index contributed by atoms with van der Waals surface area (Å²) in [6.45, 7) is 0. The van der Waals surface area contributed by atoms with Crippen molar-refractivity contribution in [2.45, 2.75) is 0 Å². The van der Waals surface area contributed by atoms with Crippen LogP contribution >= 0.6 is 0 Å². The summed E-state index contributed by atoms with van der Waals surface area (Å²) in [6.07, 6.45) is 0. The minimum Gasteiger partial charge on any atom is -0.477 e. The van der Waals surface area contributed by atoms with Crippen LogP contribution in [0.25, 0.3) is 10.9 Å². The van der Waals surface area contributed by atoms with E-state index in [0.29, 0.717) is 22.0 Å². The monoisotopic (exact) mass is 265 g/mol. The van der Waals surface area contributed by atoms with Crippen LogP contribution in [-0.2, 0) is 0 Å². The molecule has 0 saturated heterocycles. The highest BCUT2D eigenvalue weighted by molar-refractivity contribution is 6.16. The van der Waals surface area contributed by atoms with Crippen LogP contribution in [0.2, 0.25) is 0 Å². The van der Waals surface area contributed by atoms with Crippen molar-refractivity contribution in [3.63, 3.8) is 0 Å². The first kappa shape index (κ1) is 12.2. The first-order chi connectivity index (χ1) is 9.66. The van der Waals surface area contributed by atoms with E-state index in [0.717, 1.165) is 0 Å². The standard InChI is InChI=1S/C16H11NO3/c18-15(10-5-2-1-3-6-10)11-7-4-8-13-12(11)9-14(17-13)16(19)20/h1-9,17H,(H,19,20). The number of carboxylic acids is 1. The first-order valence-electron chi connectivity index (χ1n) is 6.11. The maximum atomic E-state index is 12.5. The Morgan fingerprint density at radius 1 is 0.950 bits per heavy atom. The molecule has 20 heavy (non-hydrogen) atoms. The van der Waals surface area contributed by atoms with Crippen LogP contribution < -0.4 is 0 Å². The van der Waals surface area contributed by atoms with E-state index in [1.165, 1.54) is 6.07 Å². The van der Waals surface area contributed by atoms with Crippen molar-refractivity contribution in [3.8, 4) is 0 Å². The number of benzene rings is 2. The number of hydrogen-bond acceptors (Lipinski definition) is 2. The van der Waals surface area contributed by atoms with E-state index >= 15 is 0 Å². The molecule has 1 aromatic heterocycles. The Morgan fingerprint density at radius 3 is 2.40 bits per heavy atom. The lowest BCUT2D eigenvalue weighted by molar-refractivity contribution is 0.0691. The third-order valence-electron chi connectivity index (χ3n) is 3.18. The maximum absolute atomic E-state index is 12.5. The van der Waals surface area contributed by atoms with E-state index in [1.807, 2.05) is 6.07 Å². The molecule has 0 radical (unpaired) electrons. The van der Waals surface area contributed by atoms with Gasteiger partial charge in [-0.3, -0.25) is 4.79 Å². The average Bonchev–Trinajstić information content (AvgIpc) is 2.91. The van der Waals surface area contributed by atoms with Gasteiger partial charge in [-0.05, 0) is 12.1 Å². The fraction of sp³-hybridized carbons (Fsp3) is 0. The van der Waals surface area contributed by atoms with Gasteiger partial charge in [-0.25, -0.2) is 4.79 Å². The molecule has 0 aliphatic carbocycles. The Kier molecular flexibility index (Phi) is 2.84. The van der Waals surface area contributed by atoms with Crippen molar-refractivity contribution in [2.24, 2.45) is 0 Å². The SMILES string of the molecule is O=C(O)c1cc2c(C(=O)c3ccccc3)cccc2[nH]1. The lowest BCUT2D eigenvalue weighted by atomic mass is 10.00. The molecule has 0 bridgehead atoms. The number of aromatic nitrogens is 1. The predicted molar refractivity (Wildman–Crippen MR) is 75.1 cm³/mol. The summed E-state index contributed by atoms with van der Waals surface area (Å²) in [5.74, 6) is -1.16. The highest BCUT2D eigenvalue weighted by Crippen LogP contribution is 2.22. The summed E-state index contributed by atoms with van der Waals surface area (Å²) in [5.41, 5.74) is 1.80. The molecular weight excluding hydrogens is 254 g/mol. The summed E-state index contributed by atoms with van der Waals surface area (Å²) in [4.78, 5) is 26.3. The second-order valence-electron chi connectivity index (χ2n) is 4.45. The van der Waals surface area contributed by atoms with Gasteiger partial charge in [0.25, 0.3) is 0 Å². The second kappa shape index (κ2) is 4.66. The number of rotatable bonds is 3. The summed E-state index contributed by atoms with van der Waals surface area (Å²) in [7, 11) is 0. The molecule has 2 N–H and O–H groups in total. The number of carbonyl (C=O) groups is 2. The van der Waals surface area contributed by atoms with Crippen LogP contribution in [-0.4, -0.2) is 21.8 Å². The van der Waals surface area contributed by atoms with Gasteiger partial charge in [0, 0.05) is 22.0 Å². The molecule has 0 spiro atoms. The lowest BCUT2D eigenvalue weighted by Gasteiger charge is -2.02. The van der Waals surface area contributed by atoms with Crippen molar-refractivity contribution in [1.82, 2.24) is 4.98 Å². The summed E-state index contributed by atoms with van der Waals surface area (Å²) < 4.78 is 0. The van der Waals surface area contributed by atoms with E-state index in [4.69, 9.17) is 5.11 Å². The molecule has 2 aromatic carbocycles. The van der Waals surface area contributed by atoms with Gasteiger partial charge in [0.2, 0.25) is 0 Å². The van der Waals surface area contributed by atoms with Crippen LogP contribution in [0.5, 0.6) is 0 Å². The van der Waals surface area contributed by atoms with Crippen molar-refractivity contribution in [1.29, 1.82) is 0 Å². The van der Waals surface area contributed by atoms with E-state index in [-0.39, 0.29) is 11.5 Å². The molecule has 4 heteroatoms. The van der Waals surface area contributed by atoms with Crippen LogP contribution in [0.1, 0.15) is 26.4 Å². The number of aromatic carboxylic acids is 1. The minimum atomic E-state index is -1.04. The van der Waals surface area contributed by atoms with Gasteiger partial charge in [0.05, 0.1) is 0 Å². The Labute approximate surface area is 114 Å². The molecule has 0 aliphatic rings. The molecule has 98 valence electrons. The maximum Gasteiger partial charge on any atom is 0.352 e. The Bertz CT molecular complexity index is 803. The number of ketones is 1. The van der Waals surface area contributed by atoms with Gasteiger partial charge >= 0.3 is 5.97 Å². The fourth-order valence-corrected chi connectivity index (χ4v) is 2.21. The van der Waals surface area contributed by atoms with Gasteiger partial charge in [-0.1, -0.05) is 42.5 Å². The highest BCUT2D eigenvalue weighted by atomic mass is 16.4. The largest absolute Gasteiger partial charge is 0.477 e. The van der Waals surface area contributed by atoms with Gasteiger partial charge < -0.3 is 10.1 Å². The minimum absolute atomic E-state index is 0.0771. The van der Waals surface area contributed by atoms with E-state index in [9.17, 15) is 9.59 Å². The van der Waals surface area contributed by atoms with E-state index < -0.39 is 5.97 Å². The third kappa shape index (κ3) is 1.97. The van der Waals surface area contributed by atoms with Crippen LogP contribution in [0.4, 0.5) is 0 Å². The van der Waals surface area contributed by atoms with Gasteiger partial charge in [0.1, 0.15) is 5.69 Å². The summed E-state index contributed by atoms with van der Waals surface area (Å²) >= 11 is 0. The zero-order chi connectivity index (χ0) is 14.1. The predicted octanol–water partition coefficient (Wildman–Crippen LogP) is 3.10. The molecule has 1 heterocycles. The molecule has 0 aliphatic heterocycles. The fourth-order valence-electron chi connectivity index (χ4n) is 2.21. The number of carboxylic acid groups (broad SMARTS) is 1. The molecule has 3 rings (SSSR count). The Balaban J connectivity index is 2.16. The zero-order valence-corrected chi connectivity index (χ0v) is 10.5. The van der Waals surface area contributed by atoms with Gasteiger partial charge in [-0.2, -0.15) is 0 Å². The molecule has 0 fully saturated rings. The summed E-state index contributed by atoms with van der Waals surface area (Å²) in [6, 6.07) is 15.6. The Hall–Kier alpha value is -2.88. The molecule has 0 saturated carbocycles. The number of fused-ring (bicyclic) bond motifs is 1. The number of H-pyrrole nitrogens is 1. The van der Waals surface area contributed by atoms with Crippen molar-refractivity contribution in [3.05, 3.63) is 71.4 Å². The second-order valence-corrected chi connectivity index (χ2v) is 4.45. The average molecular weight is 265 g/mol. The highest BCUT2D eigenvalue weighted by Gasteiger charge is 2.15. The van der Waals surface area contributed by atoms with Crippen LogP contribution in [0.3, 0.4) is 0 Å².